The van der Waals surface area contributed by atoms with Gasteiger partial charge in [-0.05, 0) is 42.5 Å². The van der Waals surface area contributed by atoms with Crippen LogP contribution >= 0.6 is 22.7 Å². The molecule has 0 saturated carbocycles. The van der Waals surface area contributed by atoms with Crippen molar-refractivity contribution in [2.75, 3.05) is 5.32 Å². The largest absolute Gasteiger partial charge is 0.321 e. The highest BCUT2D eigenvalue weighted by molar-refractivity contribution is 7.14. The first-order chi connectivity index (χ1) is 12.1. The summed E-state index contributed by atoms with van der Waals surface area (Å²) in [6, 6.07) is 9.74. The molecule has 2 heterocycles. The number of aryl methyl sites for hydroxylation is 2. The molecule has 6 heteroatoms. The monoisotopic (exact) mass is 365 g/mol. The Bertz CT molecular complexity index is 958. The van der Waals surface area contributed by atoms with Crippen molar-refractivity contribution in [1.29, 1.82) is 5.26 Å². The van der Waals surface area contributed by atoms with Crippen LogP contribution < -0.4 is 5.32 Å². The fourth-order valence-electron chi connectivity index (χ4n) is 2.36. The number of hydrogen-bond acceptors (Lipinski definition) is 5. The van der Waals surface area contributed by atoms with Gasteiger partial charge in [0.05, 0.1) is 5.69 Å². The lowest BCUT2D eigenvalue weighted by atomic mass is 10.1. The molecule has 0 unspecified atom stereocenters. The molecule has 0 aliphatic carbocycles. The summed E-state index contributed by atoms with van der Waals surface area (Å²) in [5.41, 5.74) is 4.35. The highest BCUT2D eigenvalue weighted by atomic mass is 32.1. The molecule has 0 bridgehead atoms. The van der Waals surface area contributed by atoms with Crippen molar-refractivity contribution < 1.29 is 4.79 Å². The minimum atomic E-state index is -0.426. The number of nitriles is 1. The molecule has 0 fully saturated rings. The Labute approximate surface area is 154 Å². The van der Waals surface area contributed by atoms with Crippen LogP contribution in [0.25, 0.3) is 16.6 Å². The maximum atomic E-state index is 12.5. The number of para-hydroxylation sites is 1. The summed E-state index contributed by atoms with van der Waals surface area (Å²) in [4.78, 5) is 16.9. The lowest BCUT2D eigenvalue weighted by Gasteiger charge is -2.10. The Balaban J connectivity index is 1.83. The van der Waals surface area contributed by atoms with Gasteiger partial charge in [0.25, 0.3) is 5.91 Å². The lowest BCUT2D eigenvalue weighted by molar-refractivity contribution is -0.112. The molecule has 0 spiro atoms. The third-order valence-electron chi connectivity index (χ3n) is 3.67. The molecular weight excluding hydrogens is 350 g/mol. The SMILES string of the molecule is Cc1cccc(C)c1NC(=O)C(C#N)=Cc1csc(-c2ccsc2)n1. The first-order valence-corrected chi connectivity index (χ1v) is 9.38. The van der Waals surface area contributed by atoms with Crippen LogP contribution in [0.2, 0.25) is 0 Å². The second-order valence-electron chi connectivity index (χ2n) is 5.48. The predicted octanol–water partition coefficient (Wildman–Crippen LogP) is 5.03. The molecule has 2 aromatic heterocycles. The Morgan fingerprint density at radius 2 is 2.00 bits per heavy atom. The van der Waals surface area contributed by atoms with E-state index in [1.54, 1.807) is 11.3 Å². The van der Waals surface area contributed by atoms with Crippen molar-refractivity contribution in [2.45, 2.75) is 13.8 Å². The Morgan fingerprint density at radius 1 is 1.24 bits per heavy atom. The van der Waals surface area contributed by atoms with Crippen LogP contribution in [0.4, 0.5) is 5.69 Å². The van der Waals surface area contributed by atoms with Gasteiger partial charge in [-0.15, -0.1) is 11.3 Å². The van der Waals surface area contributed by atoms with Crippen LogP contribution in [0.3, 0.4) is 0 Å². The molecule has 3 aromatic rings. The summed E-state index contributed by atoms with van der Waals surface area (Å²) >= 11 is 3.10. The minimum absolute atomic E-state index is 0.0322. The molecule has 124 valence electrons. The summed E-state index contributed by atoms with van der Waals surface area (Å²) in [5.74, 6) is -0.426. The number of nitrogens with one attached hydrogen (secondary N) is 1. The number of thiophene rings is 1. The summed E-state index contributed by atoms with van der Waals surface area (Å²) < 4.78 is 0. The number of rotatable bonds is 4. The molecule has 3 rings (SSSR count). The van der Waals surface area contributed by atoms with Gasteiger partial charge < -0.3 is 5.32 Å². The molecular formula is C19H15N3OS2. The maximum Gasteiger partial charge on any atom is 0.266 e. The van der Waals surface area contributed by atoms with E-state index in [0.29, 0.717) is 5.69 Å². The number of aromatic nitrogens is 1. The average molecular weight is 365 g/mol. The van der Waals surface area contributed by atoms with Crippen molar-refractivity contribution in [3.05, 3.63) is 62.8 Å². The van der Waals surface area contributed by atoms with Crippen molar-refractivity contribution in [3.63, 3.8) is 0 Å². The van der Waals surface area contributed by atoms with Crippen LogP contribution in [0.1, 0.15) is 16.8 Å². The van der Waals surface area contributed by atoms with Crippen LogP contribution in [0, 0.1) is 25.2 Å². The van der Waals surface area contributed by atoms with Gasteiger partial charge in [-0.25, -0.2) is 4.98 Å². The molecule has 0 aliphatic rings. The quantitative estimate of drug-likeness (QED) is 0.521. The second-order valence-corrected chi connectivity index (χ2v) is 7.12. The average Bonchev–Trinajstić information content (AvgIpc) is 3.27. The molecule has 1 N–H and O–H groups in total. The zero-order chi connectivity index (χ0) is 17.8. The van der Waals surface area contributed by atoms with E-state index in [-0.39, 0.29) is 5.57 Å². The number of nitrogens with zero attached hydrogens (tertiary/aromatic N) is 2. The van der Waals surface area contributed by atoms with Crippen LogP contribution in [-0.4, -0.2) is 10.9 Å². The van der Waals surface area contributed by atoms with Gasteiger partial charge >= 0.3 is 0 Å². The standard InChI is InChI=1S/C19H15N3OS2/c1-12-4-3-5-13(2)17(12)22-18(23)15(9-20)8-16-11-25-19(21-16)14-6-7-24-10-14/h3-8,10-11H,1-2H3,(H,22,23). The first-order valence-electron chi connectivity index (χ1n) is 7.56. The maximum absolute atomic E-state index is 12.5. The topological polar surface area (TPSA) is 65.8 Å². The number of carbonyl (C=O) groups is 1. The number of thiazole rings is 1. The minimum Gasteiger partial charge on any atom is -0.321 e. The molecule has 0 aliphatic heterocycles. The Morgan fingerprint density at radius 3 is 2.64 bits per heavy atom. The number of carbonyl (C=O) groups excluding carboxylic acids is 1. The molecule has 4 nitrogen and oxygen atoms in total. The van der Waals surface area contributed by atoms with Crippen molar-refractivity contribution in [2.24, 2.45) is 0 Å². The van der Waals surface area contributed by atoms with Gasteiger partial charge in [-0.1, -0.05) is 18.2 Å². The van der Waals surface area contributed by atoms with Crippen molar-refractivity contribution in [3.8, 4) is 16.6 Å². The molecule has 1 aromatic carbocycles. The van der Waals surface area contributed by atoms with Crippen LogP contribution in [0.15, 0.2) is 46.0 Å². The lowest BCUT2D eigenvalue weighted by Crippen LogP contribution is -2.15. The molecule has 0 atom stereocenters. The smallest absolute Gasteiger partial charge is 0.266 e. The summed E-state index contributed by atoms with van der Waals surface area (Å²) in [6.07, 6.45) is 1.52. The number of anilines is 1. The van der Waals surface area contributed by atoms with Gasteiger partial charge in [0.15, 0.2) is 0 Å². The van der Waals surface area contributed by atoms with Crippen molar-refractivity contribution in [1.82, 2.24) is 4.98 Å². The van der Waals surface area contributed by atoms with Gasteiger partial charge in [-0.3, -0.25) is 4.79 Å². The summed E-state index contributed by atoms with van der Waals surface area (Å²) in [5, 5.41) is 18.9. The zero-order valence-corrected chi connectivity index (χ0v) is 15.4. The Hall–Kier alpha value is -2.75. The molecule has 1 amide bonds. The fourth-order valence-corrected chi connectivity index (χ4v) is 3.85. The zero-order valence-electron chi connectivity index (χ0n) is 13.7. The second kappa shape index (κ2) is 7.43. The van der Waals surface area contributed by atoms with E-state index in [1.807, 2.05) is 60.3 Å². The number of benzene rings is 1. The van der Waals surface area contributed by atoms with E-state index in [1.165, 1.54) is 17.4 Å². The normalized spacial score (nSPS) is 11.2. The number of hydrogen-bond donors (Lipinski definition) is 1. The van der Waals surface area contributed by atoms with Crippen molar-refractivity contribution >= 4 is 40.3 Å². The van der Waals surface area contributed by atoms with E-state index in [9.17, 15) is 10.1 Å². The van der Waals surface area contributed by atoms with E-state index in [4.69, 9.17) is 0 Å². The highest BCUT2D eigenvalue weighted by Crippen LogP contribution is 2.26. The van der Waals surface area contributed by atoms with Crippen LogP contribution in [0.5, 0.6) is 0 Å². The Kier molecular flexibility index (Phi) is 5.08. The van der Waals surface area contributed by atoms with Gasteiger partial charge in [0, 0.05) is 22.0 Å². The van der Waals surface area contributed by atoms with E-state index in [0.717, 1.165) is 27.4 Å². The predicted molar refractivity (Wildman–Crippen MR) is 104 cm³/mol. The fraction of sp³-hybridized carbons (Fsp3) is 0.105. The third kappa shape index (κ3) is 3.85. The first kappa shape index (κ1) is 17.1. The molecule has 25 heavy (non-hydrogen) atoms. The third-order valence-corrected chi connectivity index (χ3v) is 5.26. The molecule has 0 saturated heterocycles. The van der Waals surface area contributed by atoms with Crippen LogP contribution in [-0.2, 0) is 4.79 Å². The number of amides is 1. The van der Waals surface area contributed by atoms with Gasteiger partial charge in [0.1, 0.15) is 16.6 Å². The summed E-state index contributed by atoms with van der Waals surface area (Å²) in [6.45, 7) is 3.85. The van der Waals surface area contributed by atoms with E-state index < -0.39 is 5.91 Å². The van der Waals surface area contributed by atoms with Gasteiger partial charge in [-0.2, -0.15) is 16.6 Å². The summed E-state index contributed by atoms with van der Waals surface area (Å²) in [7, 11) is 0. The van der Waals surface area contributed by atoms with E-state index in [2.05, 4.69) is 10.3 Å². The highest BCUT2D eigenvalue weighted by Gasteiger charge is 2.13. The van der Waals surface area contributed by atoms with E-state index >= 15 is 0 Å². The molecule has 0 radical (unpaired) electrons. The van der Waals surface area contributed by atoms with Gasteiger partial charge in [0.2, 0.25) is 0 Å².